The Morgan fingerprint density at radius 3 is 2.44 bits per heavy atom. The minimum absolute atomic E-state index is 0.00650. The van der Waals surface area contributed by atoms with E-state index in [0.717, 1.165) is 25.9 Å². The number of nitrogens with one attached hydrogen (secondary N) is 2. The fourth-order valence-electron chi connectivity index (χ4n) is 3.09. The van der Waals surface area contributed by atoms with Crippen LogP contribution >= 0.6 is 0 Å². The average molecular weight is 379 g/mol. The van der Waals surface area contributed by atoms with Gasteiger partial charge in [-0.1, -0.05) is 0 Å². The zero-order valence-electron chi connectivity index (χ0n) is 16.2. The van der Waals surface area contributed by atoms with E-state index in [9.17, 15) is 9.59 Å². The van der Waals surface area contributed by atoms with E-state index in [1.165, 1.54) is 0 Å². The molecule has 8 heteroatoms. The van der Waals surface area contributed by atoms with E-state index in [1.54, 1.807) is 39.5 Å². The lowest BCUT2D eigenvalue weighted by molar-refractivity contribution is -0.126. The summed E-state index contributed by atoms with van der Waals surface area (Å²) in [5, 5.41) is 5.75. The topological polar surface area (TPSA) is 89.1 Å². The number of carbonyl (C=O) groups is 2. The summed E-state index contributed by atoms with van der Waals surface area (Å²) < 4.78 is 15.4. The molecular weight excluding hydrogens is 350 g/mol. The summed E-state index contributed by atoms with van der Waals surface area (Å²) in [6.45, 7) is 2.79. The zero-order valence-corrected chi connectivity index (χ0v) is 16.2. The normalized spacial score (nSPS) is 15.2. The van der Waals surface area contributed by atoms with E-state index < -0.39 is 0 Å². The van der Waals surface area contributed by atoms with Gasteiger partial charge in [0.1, 0.15) is 0 Å². The molecule has 0 bridgehead atoms. The Hall–Kier alpha value is -2.32. The van der Waals surface area contributed by atoms with Gasteiger partial charge in [0.2, 0.25) is 11.8 Å². The largest absolute Gasteiger partial charge is 0.493 e. The molecule has 1 aliphatic heterocycles. The second-order valence-corrected chi connectivity index (χ2v) is 6.45. The summed E-state index contributed by atoms with van der Waals surface area (Å²) in [5.41, 5.74) is 0.657. The van der Waals surface area contributed by atoms with E-state index in [-0.39, 0.29) is 17.7 Å². The van der Waals surface area contributed by atoms with Gasteiger partial charge in [0.15, 0.2) is 11.5 Å². The highest BCUT2D eigenvalue weighted by Crippen LogP contribution is 2.29. The van der Waals surface area contributed by atoms with Gasteiger partial charge in [-0.15, -0.1) is 0 Å². The molecule has 1 aliphatic rings. The first-order valence-electron chi connectivity index (χ1n) is 9.08. The lowest BCUT2D eigenvalue weighted by Crippen LogP contribution is -2.43. The zero-order chi connectivity index (χ0) is 19.6. The third-order valence-electron chi connectivity index (χ3n) is 4.60. The first-order valence-corrected chi connectivity index (χ1v) is 9.08. The number of anilines is 1. The molecule has 0 aromatic heterocycles. The molecule has 1 heterocycles. The Morgan fingerprint density at radius 1 is 1.11 bits per heavy atom. The van der Waals surface area contributed by atoms with Crippen LogP contribution < -0.4 is 20.1 Å². The van der Waals surface area contributed by atoms with Crippen molar-refractivity contribution in [1.82, 2.24) is 10.2 Å². The molecule has 1 aromatic rings. The van der Waals surface area contributed by atoms with Gasteiger partial charge in [-0.2, -0.15) is 0 Å². The predicted octanol–water partition coefficient (Wildman–Crippen LogP) is 1.12. The number of methoxy groups -OCH3 is 3. The minimum Gasteiger partial charge on any atom is -0.493 e. The van der Waals surface area contributed by atoms with Crippen LogP contribution in [-0.2, 0) is 14.3 Å². The summed E-state index contributed by atoms with van der Waals surface area (Å²) in [7, 11) is 4.73. The monoisotopic (exact) mass is 379 g/mol. The maximum Gasteiger partial charge on any atom is 0.238 e. The van der Waals surface area contributed by atoms with Gasteiger partial charge in [-0.3, -0.25) is 14.5 Å². The lowest BCUT2D eigenvalue weighted by Gasteiger charge is -2.30. The van der Waals surface area contributed by atoms with E-state index >= 15 is 0 Å². The van der Waals surface area contributed by atoms with Crippen LogP contribution in [0.2, 0.25) is 0 Å². The van der Waals surface area contributed by atoms with Crippen molar-refractivity contribution in [2.24, 2.45) is 5.92 Å². The number of hydrogen-bond acceptors (Lipinski definition) is 6. The maximum atomic E-state index is 12.3. The Labute approximate surface area is 160 Å². The minimum atomic E-state index is -0.0924. The molecule has 1 aromatic carbocycles. The van der Waals surface area contributed by atoms with Crippen molar-refractivity contribution >= 4 is 17.5 Å². The van der Waals surface area contributed by atoms with Gasteiger partial charge in [0, 0.05) is 31.3 Å². The number of piperidine rings is 1. The van der Waals surface area contributed by atoms with Gasteiger partial charge in [-0.05, 0) is 38.1 Å². The van der Waals surface area contributed by atoms with Crippen molar-refractivity contribution in [1.29, 1.82) is 0 Å². The molecule has 150 valence electrons. The van der Waals surface area contributed by atoms with Crippen molar-refractivity contribution in [2.45, 2.75) is 12.8 Å². The third-order valence-corrected chi connectivity index (χ3v) is 4.60. The van der Waals surface area contributed by atoms with Crippen LogP contribution in [0.1, 0.15) is 12.8 Å². The molecule has 2 amide bonds. The van der Waals surface area contributed by atoms with E-state index in [0.29, 0.717) is 36.9 Å². The summed E-state index contributed by atoms with van der Waals surface area (Å²) in [6.07, 6.45) is 1.50. The molecule has 0 atom stereocenters. The van der Waals surface area contributed by atoms with Crippen LogP contribution in [0.5, 0.6) is 11.5 Å². The summed E-state index contributed by atoms with van der Waals surface area (Å²) in [4.78, 5) is 26.4. The summed E-state index contributed by atoms with van der Waals surface area (Å²) in [5.74, 6) is 1.16. The molecule has 8 nitrogen and oxygen atoms in total. The smallest absolute Gasteiger partial charge is 0.238 e. The number of benzene rings is 1. The van der Waals surface area contributed by atoms with Gasteiger partial charge in [0.05, 0.1) is 27.4 Å². The Bertz CT molecular complexity index is 630. The van der Waals surface area contributed by atoms with Crippen molar-refractivity contribution in [2.75, 3.05) is 59.4 Å². The molecule has 0 aliphatic carbocycles. The molecule has 0 saturated carbocycles. The summed E-state index contributed by atoms with van der Waals surface area (Å²) >= 11 is 0. The number of ether oxygens (including phenoxy) is 3. The van der Waals surface area contributed by atoms with Crippen LogP contribution in [0.3, 0.4) is 0 Å². The lowest BCUT2D eigenvalue weighted by atomic mass is 9.96. The average Bonchev–Trinajstić information content (AvgIpc) is 2.68. The van der Waals surface area contributed by atoms with Crippen molar-refractivity contribution in [3.05, 3.63) is 18.2 Å². The quantitative estimate of drug-likeness (QED) is 0.625. The van der Waals surface area contributed by atoms with E-state index in [2.05, 4.69) is 15.5 Å². The van der Waals surface area contributed by atoms with Crippen LogP contribution in [0.15, 0.2) is 18.2 Å². The second-order valence-electron chi connectivity index (χ2n) is 6.45. The van der Waals surface area contributed by atoms with Crippen molar-refractivity contribution in [3.8, 4) is 11.5 Å². The molecule has 2 N–H and O–H groups in total. The number of rotatable bonds is 9. The molecule has 2 rings (SSSR count). The molecule has 0 spiro atoms. The molecule has 0 unspecified atom stereocenters. The van der Waals surface area contributed by atoms with Crippen molar-refractivity contribution in [3.63, 3.8) is 0 Å². The van der Waals surface area contributed by atoms with Gasteiger partial charge >= 0.3 is 0 Å². The highest BCUT2D eigenvalue weighted by molar-refractivity contribution is 5.92. The number of nitrogens with zero attached hydrogens (tertiary/aromatic N) is 1. The van der Waals surface area contributed by atoms with Crippen LogP contribution in [0.4, 0.5) is 5.69 Å². The van der Waals surface area contributed by atoms with Crippen molar-refractivity contribution < 1.29 is 23.8 Å². The van der Waals surface area contributed by atoms with Crippen LogP contribution in [-0.4, -0.2) is 70.8 Å². The first-order chi connectivity index (χ1) is 13.1. The van der Waals surface area contributed by atoms with Crippen LogP contribution in [0.25, 0.3) is 0 Å². The van der Waals surface area contributed by atoms with Gasteiger partial charge in [-0.25, -0.2) is 0 Å². The Kier molecular flexibility index (Phi) is 8.35. The fourth-order valence-corrected chi connectivity index (χ4v) is 3.09. The van der Waals surface area contributed by atoms with E-state index in [1.807, 2.05) is 0 Å². The molecule has 27 heavy (non-hydrogen) atoms. The number of likely N-dealkylation sites (tertiary alicyclic amines) is 1. The first kappa shape index (κ1) is 21.0. The Morgan fingerprint density at radius 2 is 1.81 bits per heavy atom. The van der Waals surface area contributed by atoms with Gasteiger partial charge in [0.25, 0.3) is 0 Å². The SMILES string of the molecule is COCCNC(=O)C1CCN(CC(=O)Nc2ccc(OC)c(OC)c2)CC1. The standard InChI is InChI=1S/C19H29N3O5/c1-25-11-8-20-19(24)14-6-9-22(10-7-14)13-18(23)21-15-4-5-16(26-2)17(12-15)27-3/h4-5,12,14H,6-11,13H2,1-3H3,(H,20,24)(H,21,23). The number of carbonyl (C=O) groups excluding carboxylic acids is 2. The fraction of sp³-hybridized carbons (Fsp3) is 0.579. The van der Waals surface area contributed by atoms with E-state index in [4.69, 9.17) is 14.2 Å². The number of amides is 2. The highest BCUT2D eigenvalue weighted by atomic mass is 16.5. The molecular formula is C19H29N3O5. The predicted molar refractivity (Wildman–Crippen MR) is 102 cm³/mol. The summed E-state index contributed by atoms with van der Waals surface area (Å²) in [6, 6.07) is 5.26. The van der Waals surface area contributed by atoms with Crippen LogP contribution in [0, 0.1) is 5.92 Å². The maximum absolute atomic E-state index is 12.3. The molecule has 0 radical (unpaired) electrons. The third kappa shape index (κ3) is 6.41. The molecule has 1 fully saturated rings. The number of hydrogen-bond donors (Lipinski definition) is 2. The van der Waals surface area contributed by atoms with Gasteiger partial charge < -0.3 is 24.8 Å². The molecule has 1 saturated heterocycles. The Balaban J connectivity index is 1.77. The second kappa shape index (κ2) is 10.7. The highest BCUT2D eigenvalue weighted by Gasteiger charge is 2.25.